The Bertz CT molecular complexity index is 960. The van der Waals surface area contributed by atoms with Gasteiger partial charge in [-0.3, -0.25) is 4.79 Å². The van der Waals surface area contributed by atoms with Gasteiger partial charge in [0.2, 0.25) is 5.78 Å². The molecular formula is C23H19IO3. The van der Waals surface area contributed by atoms with Crippen LogP contribution in [0.5, 0.6) is 0 Å². The lowest BCUT2D eigenvalue weighted by Crippen LogP contribution is -2.20. The molecule has 0 bridgehead atoms. The van der Waals surface area contributed by atoms with Crippen molar-refractivity contribution in [3.63, 3.8) is 0 Å². The molecular weight excluding hydrogens is 451 g/mol. The van der Waals surface area contributed by atoms with Gasteiger partial charge in [0.15, 0.2) is 6.10 Å². The van der Waals surface area contributed by atoms with E-state index in [1.54, 1.807) is 30.3 Å². The molecule has 136 valence electrons. The highest BCUT2D eigenvalue weighted by molar-refractivity contribution is 14.1. The zero-order chi connectivity index (χ0) is 19.4. The van der Waals surface area contributed by atoms with Gasteiger partial charge in [-0.25, -0.2) is 4.79 Å². The molecule has 1 atom stereocenters. The fourth-order valence-electron chi connectivity index (χ4n) is 2.67. The van der Waals surface area contributed by atoms with Crippen LogP contribution < -0.4 is 0 Å². The molecule has 0 aliphatic carbocycles. The molecule has 0 aromatic heterocycles. The van der Waals surface area contributed by atoms with E-state index in [9.17, 15) is 9.59 Å². The minimum Gasteiger partial charge on any atom is -0.445 e. The molecule has 0 aliphatic rings. The summed E-state index contributed by atoms with van der Waals surface area (Å²) in [4.78, 5) is 25.8. The topological polar surface area (TPSA) is 43.4 Å². The molecule has 0 saturated heterocycles. The molecule has 0 N–H and O–H groups in total. The number of esters is 1. The number of ether oxygens (including phenoxy) is 1. The van der Waals surface area contributed by atoms with Gasteiger partial charge in [-0.05, 0) is 54.6 Å². The molecule has 4 heteroatoms. The minimum absolute atomic E-state index is 0.238. The molecule has 27 heavy (non-hydrogen) atoms. The first-order chi connectivity index (χ1) is 12.9. The lowest BCUT2D eigenvalue weighted by atomic mass is 9.98. The molecule has 0 unspecified atom stereocenters. The summed E-state index contributed by atoms with van der Waals surface area (Å²) < 4.78 is 6.60. The van der Waals surface area contributed by atoms with Gasteiger partial charge in [0.1, 0.15) is 0 Å². The number of aryl methyl sites for hydroxylation is 2. The normalized spacial score (nSPS) is 11.7. The number of ketones is 1. The van der Waals surface area contributed by atoms with Crippen LogP contribution in [0.15, 0.2) is 72.8 Å². The van der Waals surface area contributed by atoms with Crippen LogP contribution in [0.1, 0.15) is 43.5 Å². The quantitative estimate of drug-likeness (QED) is 0.274. The summed E-state index contributed by atoms with van der Waals surface area (Å²) in [5, 5.41) is 0. The maximum absolute atomic E-state index is 13.1. The Labute approximate surface area is 172 Å². The first kappa shape index (κ1) is 19.3. The van der Waals surface area contributed by atoms with E-state index in [1.165, 1.54) is 0 Å². The predicted molar refractivity (Wildman–Crippen MR) is 114 cm³/mol. The number of hydrogen-bond donors (Lipinski definition) is 0. The third-order valence-corrected chi connectivity index (χ3v) is 4.91. The van der Waals surface area contributed by atoms with Crippen molar-refractivity contribution in [1.29, 1.82) is 0 Å². The molecule has 0 radical (unpaired) electrons. The fourth-order valence-corrected chi connectivity index (χ4v) is 3.22. The third kappa shape index (κ3) is 4.83. The number of carbonyl (C=O) groups excluding carboxylic acids is 2. The highest BCUT2D eigenvalue weighted by Crippen LogP contribution is 2.25. The van der Waals surface area contributed by atoms with E-state index in [4.69, 9.17) is 4.74 Å². The van der Waals surface area contributed by atoms with E-state index in [0.29, 0.717) is 16.7 Å². The number of benzene rings is 3. The van der Waals surface area contributed by atoms with Crippen molar-refractivity contribution in [2.45, 2.75) is 20.0 Å². The van der Waals surface area contributed by atoms with Crippen LogP contribution in [-0.2, 0) is 4.74 Å². The summed E-state index contributed by atoms with van der Waals surface area (Å²) in [6.07, 6.45) is -0.987. The number of hydrogen-bond acceptors (Lipinski definition) is 3. The van der Waals surface area contributed by atoms with Crippen molar-refractivity contribution in [3.8, 4) is 0 Å². The Kier molecular flexibility index (Phi) is 6.06. The molecule has 0 amide bonds. The molecule has 3 aromatic rings. The van der Waals surface area contributed by atoms with Crippen LogP contribution in [0, 0.1) is 17.4 Å². The second kappa shape index (κ2) is 8.48. The van der Waals surface area contributed by atoms with Gasteiger partial charge in [0.05, 0.1) is 5.56 Å². The lowest BCUT2D eigenvalue weighted by molar-refractivity contribution is 0.0280. The second-order valence-corrected chi connectivity index (χ2v) is 7.68. The van der Waals surface area contributed by atoms with E-state index in [-0.39, 0.29) is 5.78 Å². The number of Topliss-reactive ketones (excluding diaryl/α,β-unsaturated/α-hetero) is 1. The third-order valence-electron chi connectivity index (χ3n) is 4.24. The average Bonchev–Trinajstić information content (AvgIpc) is 2.67. The van der Waals surface area contributed by atoms with Gasteiger partial charge in [-0.15, -0.1) is 0 Å². The zero-order valence-electron chi connectivity index (χ0n) is 15.1. The van der Waals surface area contributed by atoms with Gasteiger partial charge in [0.25, 0.3) is 0 Å². The molecule has 3 rings (SSSR count). The first-order valence-corrected chi connectivity index (χ1v) is 9.66. The monoisotopic (exact) mass is 470 g/mol. The summed E-state index contributed by atoms with van der Waals surface area (Å²) in [6, 6.07) is 21.9. The smallest absolute Gasteiger partial charge is 0.339 e. The van der Waals surface area contributed by atoms with Crippen LogP contribution in [0.25, 0.3) is 0 Å². The van der Waals surface area contributed by atoms with Crippen LogP contribution >= 0.6 is 22.6 Å². The highest BCUT2D eigenvalue weighted by Gasteiger charge is 2.26. The molecule has 0 spiro atoms. The fraction of sp³-hybridized carbons (Fsp3) is 0.130. The van der Waals surface area contributed by atoms with Gasteiger partial charge in [-0.2, -0.15) is 0 Å². The SMILES string of the molecule is Cc1ccc(C(=O)[C@@H](OC(=O)c2cccc(I)c2)c2ccc(C)cc2)cc1. The molecule has 3 nitrogen and oxygen atoms in total. The van der Waals surface area contributed by atoms with Crippen molar-refractivity contribution < 1.29 is 14.3 Å². The Balaban J connectivity index is 1.94. The number of rotatable bonds is 5. The van der Waals surface area contributed by atoms with E-state index >= 15 is 0 Å². The first-order valence-electron chi connectivity index (χ1n) is 8.58. The van der Waals surface area contributed by atoms with Gasteiger partial charge >= 0.3 is 5.97 Å². The van der Waals surface area contributed by atoms with Crippen molar-refractivity contribution in [1.82, 2.24) is 0 Å². The molecule has 0 heterocycles. The molecule has 0 saturated carbocycles. The Morgan fingerprint density at radius 3 is 2.00 bits per heavy atom. The number of carbonyl (C=O) groups is 2. The second-order valence-electron chi connectivity index (χ2n) is 6.44. The zero-order valence-corrected chi connectivity index (χ0v) is 17.3. The van der Waals surface area contributed by atoms with Gasteiger partial charge in [0, 0.05) is 14.7 Å². The van der Waals surface area contributed by atoms with Crippen molar-refractivity contribution in [2.75, 3.05) is 0 Å². The van der Waals surface area contributed by atoms with Crippen LogP contribution in [0.3, 0.4) is 0 Å². The molecule has 3 aromatic carbocycles. The van der Waals surface area contributed by atoms with E-state index in [1.807, 2.05) is 56.3 Å². The Morgan fingerprint density at radius 1 is 0.815 bits per heavy atom. The van der Waals surface area contributed by atoms with E-state index in [0.717, 1.165) is 14.7 Å². The van der Waals surface area contributed by atoms with Crippen LogP contribution in [-0.4, -0.2) is 11.8 Å². The van der Waals surface area contributed by atoms with Crippen LogP contribution in [0.2, 0.25) is 0 Å². The van der Waals surface area contributed by atoms with Crippen LogP contribution in [0.4, 0.5) is 0 Å². The summed E-state index contributed by atoms with van der Waals surface area (Å²) in [5.74, 6) is -0.752. The Hall–Kier alpha value is -2.47. The van der Waals surface area contributed by atoms with Gasteiger partial charge in [-0.1, -0.05) is 65.7 Å². The highest BCUT2D eigenvalue weighted by atomic mass is 127. The number of halogens is 1. The van der Waals surface area contributed by atoms with Crippen molar-refractivity contribution in [3.05, 3.63) is 104 Å². The van der Waals surface area contributed by atoms with Crippen molar-refractivity contribution >= 4 is 34.3 Å². The van der Waals surface area contributed by atoms with Gasteiger partial charge < -0.3 is 4.74 Å². The van der Waals surface area contributed by atoms with E-state index in [2.05, 4.69) is 22.6 Å². The summed E-state index contributed by atoms with van der Waals surface area (Å²) in [6.45, 7) is 3.93. The largest absolute Gasteiger partial charge is 0.445 e. The summed E-state index contributed by atoms with van der Waals surface area (Å²) in [5.41, 5.74) is 3.74. The molecule has 0 aliphatic heterocycles. The summed E-state index contributed by atoms with van der Waals surface area (Å²) >= 11 is 2.14. The Morgan fingerprint density at radius 2 is 1.41 bits per heavy atom. The summed E-state index contributed by atoms with van der Waals surface area (Å²) in [7, 11) is 0. The minimum atomic E-state index is -0.987. The lowest BCUT2D eigenvalue weighted by Gasteiger charge is -2.18. The van der Waals surface area contributed by atoms with E-state index < -0.39 is 12.1 Å². The standard InChI is InChI=1S/C23H19IO3/c1-15-6-10-17(11-7-15)21(25)22(18-12-8-16(2)9-13-18)27-23(26)19-4-3-5-20(24)14-19/h3-14,22H,1-2H3/t22-/m0/s1. The van der Waals surface area contributed by atoms with Crippen molar-refractivity contribution in [2.24, 2.45) is 0 Å². The maximum atomic E-state index is 13.1. The predicted octanol–water partition coefficient (Wildman–Crippen LogP) is 5.69. The molecule has 0 fully saturated rings. The average molecular weight is 470 g/mol. The maximum Gasteiger partial charge on any atom is 0.339 e.